The van der Waals surface area contributed by atoms with Gasteiger partial charge >= 0.3 is 0 Å². The van der Waals surface area contributed by atoms with Crippen molar-refractivity contribution in [1.82, 2.24) is 5.32 Å². The van der Waals surface area contributed by atoms with Crippen LogP contribution in [0.15, 0.2) is 0 Å². The smallest absolute Gasteiger partial charge is 0.0540 e. The number of hydrogen-bond donors (Lipinski definition) is 2. The van der Waals surface area contributed by atoms with Crippen molar-refractivity contribution in [3.63, 3.8) is 0 Å². The summed E-state index contributed by atoms with van der Waals surface area (Å²) in [4.78, 5) is 0. The second kappa shape index (κ2) is 5.31. The molecule has 2 heteroatoms. The molecule has 0 radical (unpaired) electrons. The SMILES string of the molecule is CC[C@H](O)C[C@H]1CCC[C@H]2CCCN[C@H]21. The van der Waals surface area contributed by atoms with Gasteiger partial charge in [-0.3, -0.25) is 0 Å². The van der Waals surface area contributed by atoms with E-state index in [2.05, 4.69) is 12.2 Å². The summed E-state index contributed by atoms with van der Waals surface area (Å²) in [6, 6.07) is 0.716. The molecule has 2 N–H and O–H groups in total. The van der Waals surface area contributed by atoms with Gasteiger partial charge in [-0.05, 0) is 56.9 Å². The number of fused-ring (bicyclic) bond motifs is 1. The topological polar surface area (TPSA) is 32.3 Å². The van der Waals surface area contributed by atoms with Crippen molar-refractivity contribution < 1.29 is 5.11 Å². The zero-order chi connectivity index (χ0) is 10.7. The lowest BCUT2D eigenvalue weighted by Gasteiger charge is -2.42. The fourth-order valence-electron chi connectivity index (χ4n) is 3.46. The van der Waals surface area contributed by atoms with E-state index < -0.39 is 0 Å². The molecule has 1 aliphatic carbocycles. The van der Waals surface area contributed by atoms with E-state index in [1.807, 2.05) is 0 Å². The average Bonchev–Trinajstić information content (AvgIpc) is 2.29. The summed E-state index contributed by atoms with van der Waals surface area (Å²) in [7, 11) is 0. The lowest BCUT2D eigenvalue weighted by molar-refractivity contribution is 0.0797. The molecular formula is C13H25NO. The molecule has 4 atom stereocenters. The molecule has 1 aliphatic heterocycles. The molecule has 0 amide bonds. The molecule has 0 aromatic rings. The molecule has 0 aromatic heterocycles. The summed E-state index contributed by atoms with van der Waals surface area (Å²) in [5.74, 6) is 1.64. The fourth-order valence-corrected chi connectivity index (χ4v) is 3.46. The van der Waals surface area contributed by atoms with E-state index in [9.17, 15) is 5.11 Å². The highest BCUT2D eigenvalue weighted by atomic mass is 16.3. The Kier molecular flexibility index (Phi) is 4.04. The van der Waals surface area contributed by atoms with Crippen LogP contribution < -0.4 is 5.32 Å². The van der Waals surface area contributed by atoms with Crippen LogP contribution in [0.4, 0.5) is 0 Å². The largest absolute Gasteiger partial charge is 0.393 e. The summed E-state index contributed by atoms with van der Waals surface area (Å²) in [6.45, 7) is 3.28. The first kappa shape index (κ1) is 11.4. The summed E-state index contributed by atoms with van der Waals surface area (Å²) in [5.41, 5.74) is 0. The van der Waals surface area contributed by atoms with E-state index in [1.165, 1.54) is 38.6 Å². The molecule has 2 aliphatic rings. The van der Waals surface area contributed by atoms with Crippen LogP contribution in [0.3, 0.4) is 0 Å². The third-order valence-corrected chi connectivity index (χ3v) is 4.34. The van der Waals surface area contributed by atoms with Gasteiger partial charge < -0.3 is 10.4 Å². The van der Waals surface area contributed by atoms with Crippen molar-refractivity contribution in [2.75, 3.05) is 6.54 Å². The maximum absolute atomic E-state index is 9.77. The van der Waals surface area contributed by atoms with Gasteiger partial charge in [-0.2, -0.15) is 0 Å². The first-order chi connectivity index (χ1) is 7.31. The quantitative estimate of drug-likeness (QED) is 0.751. The van der Waals surface area contributed by atoms with Crippen LogP contribution in [-0.4, -0.2) is 23.8 Å². The zero-order valence-electron chi connectivity index (χ0n) is 9.91. The first-order valence-electron chi connectivity index (χ1n) is 6.72. The Morgan fingerprint density at radius 1 is 1.27 bits per heavy atom. The predicted octanol–water partition coefficient (Wildman–Crippen LogP) is 2.32. The van der Waals surface area contributed by atoms with Crippen molar-refractivity contribution in [2.24, 2.45) is 11.8 Å². The molecule has 0 spiro atoms. The molecule has 2 fully saturated rings. The van der Waals surface area contributed by atoms with E-state index in [0.29, 0.717) is 6.04 Å². The summed E-state index contributed by atoms with van der Waals surface area (Å²) in [5, 5.41) is 13.5. The highest BCUT2D eigenvalue weighted by molar-refractivity contribution is 4.91. The van der Waals surface area contributed by atoms with Crippen LogP contribution in [0, 0.1) is 11.8 Å². The molecule has 2 rings (SSSR count). The molecule has 15 heavy (non-hydrogen) atoms. The van der Waals surface area contributed by atoms with Gasteiger partial charge in [-0.1, -0.05) is 13.3 Å². The van der Waals surface area contributed by atoms with E-state index in [-0.39, 0.29) is 6.10 Å². The van der Waals surface area contributed by atoms with Crippen molar-refractivity contribution >= 4 is 0 Å². The number of aliphatic hydroxyl groups is 1. The third-order valence-electron chi connectivity index (χ3n) is 4.34. The number of hydrogen-bond acceptors (Lipinski definition) is 2. The summed E-state index contributed by atoms with van der Waals surface area (Å²) in [6.07, 6.45) is 8.74. The van der Waals surface area contributed by atoms with Crippen LogP contribution in [0.25, 0.3) is 0 Å². The Labute approximate surface area is 93.5 Å². The van der Waals surface area contributed by atoms with E-state index in [1.54, 1.807) is 0 Å². The van der Waals surface area contributed by atoms with Gasteiger partial charge in [-0.15, -0.1) is 0 Å². The molecule has 1 heterocycles. The fraction of sp³-hybridized carbons (Fsp3) is 1.00. The molecule has 0 aromatic carbocycles. The normalized spacial score (nSPS) is 38.4. The minimum Gasteiger partial charge on any atom is -0.393 e. The summed E-state index contributed by atoms with van der Waals surface area (Å²) < 4.78 is 0. The van der Waals surface area contributed by atoms with Crippen LogP contribution in [0.2, 0.25) is 0 Å². The van der Waals surface area contributed by atoms with Gasteiger partial charge in [-0.25, -0.2) is 0 Å². The second-order valence-electron chi connectivity index (χ2n) is 5.37. The van der Waals surface area contributed by atoms with Crippen molar-refractivity contribution in [3.05, 3.63) is 0 Å². The third kappa shape index (κ3) is 2.73. The van der Waals surface area contributed by atoms with E-state index in [0.717, 1.165) is 24.7 Å². The molecule has 0 unspecified atom stereocenters. The Hall–Kier alpha value is -0.0800. The van der Waals surface area contributed by atoms with Crippen molar-refractivity contribution in [3.8, 4) is 0 Å². The van der Waals surface area contributed by atoms with Gasteiger partial charge in [0.05, 0.1) is 6.10 Å². The Balaban J connectivity index is 1.91. The highest BCUT2D eigenvalue weighted by Crippen LogP contribution is 2.36. The van der Waals surface area contributed by atoms with Crippen LogP contribution in [0.1, 0.15) is 51.9 Å². The number of piperidine rings is 1. The minimum atomic E-state index is -0.0718. The van der Waals surface area contributed by atoms with Gasteiger partial charge in [0.2, 0.25) is 0 Å². The Morgan fingerprint density at radius 2 is 2.07 bits per heavy atom. The Bertz CT molecular complexity index is 193. The molecule has 1 saturated carbocycles. The number of aliphatic hydroxyl groups excluding tert-OH is 1. The lowest BCUT2D eigenvalue weighted by Crippen LogP contribution is -2.49. The second-order valence-corrected chi connectivity index (χ2v) is 5.37. The molecule has 88 valence electrons. The Morgan fingerprint density at radius 3 is 2.87 bits per heavy atom. The van der Waals surface area contributed by atoms with Gasteiger partial charge in [0.1, 0.15) is 0 Å². The van der Waals surface area contributed by atoms with Gasteiger partial charge in [0.15, 0.2) is 0 Å². The molecular weight excluding hydrogens is 186 g/mol. The molecule has 2 nitrogen and oxygen atoms in total. The average molecular weight is 211 g/mol. The highest BCUT2D eigenvalue weighted by Gasteiger charge is 2.35. The molecule has 0 bridgehead atoms. The maximum Gasteiger partial charge on any atom is 0.0540 e. The zero-order valence-corrected chi connectivity index (χ0v) is 9.91. The number of rotatable bonds is 3. The first-order valence-corrected chi connectivity index (χ1v) is 6.72. The standard InChI is InChI=1S/C13H25NO/c1-2-12(15)9-11-6-3-5-10-7-4-8-14-13(10)11/h10-15H,2-9H2,1H3/t10-,11+,12-,13+/m0/s1. The maximum atomic E-state index is 9.77. The van der Waals surface area contributed by atoms with E-state index in [4.69, 9.17) is 0 Å². The van der Waals surface area contributed by atoms with Crippen molar-refractivity contribution in [1.29, 1.82) is 0 Å². The summed E-state index contributed by atoms with van der Waals surface area (Å²) >= 11 is 0. The van der Waals surface area contributed by atoms with Gasteiger partial charge in [0.25, 0.3) is 0 Å². The van der Waals surface area contributed by atoms with Gasteiger partial charge in [0, 0.05) is 6.04 Å². The minimum absolute atomic E-state index is 0.0718. The van der Waals surface area contributed by atoms with E-state index >= 15 is 0 Å². The monoisotopic (exact) mass is 211 g/mol. The number of nitrogens with one attached hydrogen (secondary N) is 1. The van der Waals surface area contributed by atoms with Crippen LogP contribution in [-0.2, 0) is 0 Å². The van der Waals surface area contributed by atoms with Crippen LogP contribution in [0.5, 0.6) is 0 Å². The predicted molar refractivity (Wildman–Crippen MR) is 62.8 cm³/mol. The van der Waals surface area contributed by atoms with Crippen LogP contribution >= 0.6 is 0 Å². The molecule has 1 saturated heterocycles. The van der Waals surface area contributed by atoms with Crippen molar-refractivity contribution in [2.45, 2.75) is 64.0 Å². The lowest BCUT2D eigenvalue weighted by atomic mass is 9.71.